The molecule has 0 radical (unpaired) electrons. The van der Waals surface area contributed by atoms with Crippen molar-refractivity contribution in [2.24, 2.45) is 0 Å². The van der Waals surface area contributed by atoms with E-state index in [0.717, 1.165) is 65.2 Å². The molecule has 1 aromatic carbocycles. The van der Waals surface area contributed by atoms with Gasteiger partial charge in [0.25, 0.3) is 0 Å². The molecule has 0 aliphatic carbocycles. The van der Waals surface area contributed by atoms with Crippen molar-refractivity contribution in [3.8, 4) is 0 Å². The first-order valence-electron chi connectivity index (χ1n) is 10.4. The van der Waals surface area contributed by atoms with Crippen LogP contribution >= 0.6 is 27.3 Å². The molecule has 3 heterocycles. The van der Waals surface area contributed by atoms with Gasteiger partial charge in [-0.2, -0.15) is 0 Å². The Balaban J connectivity index is 1.16. The van der Waals surface area contributed by atoms with Crippen LogP contribution in [0.15, 0.2) is 46.3 Å². The Morgan fingerprint density at radius 3 is 2.28 bits per heavy atom. The second-order valence-corrected chi connectivity index (χ2v) is 10.5. The van der Waals surface area contributed by atoms with Crippen molar-refractivity contribution in [1.29, 1.82) is 0 Å². The summed E-state index contributed by atoms with van der Waals surface area (Å²) < 4.78 is 1.18. The lowest BCUT2D eigenvalue weighted by atomic mass is 10.0. The highest BCUT2D eigenvalue weighted by molar-refractivity contribution is 9.11. The summed E-state index contributed by atoms with van der Waals surface area (Å²) in [7, 11) is 0. The molecule has 0 unspecified atom stereocenters. The number of likely N-dealkylation sites (tertiary alicyclic amines) is 1. The highest BCUT2D eigenvalue weighted by Gasteiger charge is 2.25. The maximum Gasteiger partial charge on any atom is 0.317 e. The standard InChI is InChI=1S/C22H29BrN4OS/c23-21-7-6-20(29-21)17-26-12-14-27(15-13-26)22(28)24-19-8-10-25(11-9-19)16-18-4-2-1-3-5-18/h1-7,19H,8-17H2,(H,24,28). The summed E-state index contributed by atoms with van der Waals surface area (Å²) in [5.41, 5.74) is 1.36. The molecule has 2 aliphatic heterocycles. The predicted octanol–water partition coefficient (Wildman–Crippen LogP) is 4.00. The summed E-state index contributed by atoms with van der Waals surface area (Å²) in [6.07, 6.45) is 2.07. The van der Waals surface area contributed by atoms with Gasteiger partial charge in [-0.25, -0.2) is 4.79 Å². The van der Waals surface area contributed by atoms with Crippen LogP contribution in [0.1, 0.15) is 23.3 Å². The molecule has 2 saturated heterocycles. The van der Waals surface area contributed by atoms with Crippen molar-refractivity contribution in [1.82, 2.24) is 20.0 Å². The lowest BCUT2D eigenvalue weighted by molar-refractivity contribution is 0.128. The van der Waals surface area contributed by atoms with E-state index in [0.29, 0.717) is 6.04 Å². The Labute approximate surface area is 185 Å². The fourth-order valence-electron chi connectivity index (χ4n) is 4.11. The highest BCUT2D eigenvalue weighted by atomic mass is 79.9. The largest absolute Gasteiger partial charge is 0.335 e. The first kappa shape index (κ1) is 20.8. The van der Waals surface area contributed by atoms with Crippen LogP contribution in [0.5, 0.6) is 0 Å². The quantitative estimate of drug-likeness (QED) is 0.708. The van der Waals surface area contributed by atoms with Crippen molar-refractivity contribution >= 4 is 33.3 Å². The van der Waals surface area contributed by atoms with Crippen LogP contribution in [0, 0.1) is 0 Å². The van der Waals surface area contributed by atoms with Gasteiger partial charge in [-0.05, 0) is 46.5 Å². The normalized spacial score (nSPS) is 19.4. The Morgan fingerprint density at radius 2 is 1.62 bits per heavy atom. The van der Waals surface area contributed by atoms with E-state index < -0.39 is 0 Å². The van der Waals surface area contributed by atoms with Crippen LogP contribution in [-0.2, 0) is 13.1 Å². The van der Waals surface area contributed by atoms with Crippen LogP contribution in [0.25, 0.3) is 0 Å². The number of halogens is 1. The molecule has 2 aromatic rings. The minimum Gasteiger partial charge on any atom is -0.335 e. The molecule has 0 atom stereocenters. The number of urea groups is 1. The molecule has 0 spiro atoms. The SMILES string of the molecule is O=C(NC1CCN(Cc2ccccc2)CC1)N1CCN(Cc2ccc(Br)s2)CC1. The zero-order valence-corrected chi connectivity index (χ0v) is 19.1. The van der Waals surface area contributed by atoms with Gasteiger partial charge in [0, 0.05) is 63.3 Å². The van der Waals surface area contributed by atoms with Crippen LogP contribution in [0.3, 0.4) is 0 Å². The maximum absolute atomic E-state index is 12.7. The maximum atomic E-state index is 12.7. The van der Waals surface area contributed by atoms with Gasteiger partial charge in [0.2, 0.25) is 0 Å². The molecule has 1 N–H and O–H groups in total. The van der Waals surface area contributed by atoms with E-state index in [4.69, 9.17) is 0 Å². The van der Waals surface area contributed by atoms with E-state index in [2.05, 4.69) is 73.5 Å². The Morgan fingerprint density at radius 1 is 0.931 bits per heavy atom. The van der Waals surface area contributed by atoms with E-state index in [9.17, 15) is 4.79 Å². The summed E-state index contributed by atoms with van der Waals surface area (Å²) in [4.78, 5) is 21.0. The zero-order valence-electron chi connectivity index (χ0n) is 16.7. The minimum absolute atomic E-state index is 0.116. The van der Waals surface area contributed by atoms with E-state index in [1.165, 1.54) is 14.2 Å². The number of nitrogens with one attached hydrogen (secondary N) is 1. The van der Waals surface area contributed by atoms with Crippen LogP contribution in [-0.4, -0.2) is 66.0 Å². The number of benzene rings is 1. The molecule has 2 fully saturated rings. The number of hydrogen-bond donors (Lipinski definition) is 1. The fraction of sp³-hybridized carbons (Fsp3) is 0.500. The first-order chi connectivity index (χ1) is 14.2. The number of nitrogens with zero attached hydrogens (tertiary/aromatic N) is 3. The summed E-state index contributed by atoms with van der Waals surface area (Å²) >= 11 is 5.32. The van der Waals surface area contributed by atoms with Gasteiger partial charge in [0.15, 0.2) is 0 Å². The smallest absolute Gasteiger partial charge is 0.317 e. The number of piperazine rings is 1. The Hall–Kier alpha value is -1.41. The first-order valence-corrected chi connectivity index (χ1v) is 12.0. The molecule has 0 bridgehead atoms. The third-order valence-electron chi connectivity index (χ3n) is 5.83. The molecular formula is C22H29BrN4OS. The number of hydrogen-bond acceptors (Lipinski definition) is 4. The Kier molecular flexibility index (Phi) is 7.24. The molecule has 1 aromatic heterocycles. The molecule has 29 heavy (non-hydrogen) atoms. The number of carbonyl (C=O) groups excluding carboxylic acids is 1. The van der Waals surface area contributed by atoms with E-state index in [1.807, 2.05) is 4.90 Å². The lowest BCUT2D eigenvalue weighted by Crippen LogP contribution is -2.54. The summed E-state index contributed by atoms with van der Waals surface area (Å²) in [6.45, 7) is 7.58. The topological polar surface area (TPSA) is 38.8 Å². The second-order valence-electron chi connectivity index (χ2n) is 7.95. The van der Waals surface area contributed by atoms with Gasteiger partial charge in [0.05, 0.1) is 3.79 Å². The predicted molar refractivity (Wildman–Crippen MR) is 122 cm³/mol. The molecular weight excluding hydrogens is 448 g/mol. The van der Waals surface area contributed by atoms with Crippen molar-refractivity contribution in [3.63, 3.8) is 0 Å². The number of carbonyl (C=O) groups is 1. The minimum atomic E-state index is 0.116. The average Bonchev–Trinajstić information content (AvgIpc) is 3.15. The van der Waals surface area contributed by atoms with Crippen molar-refractivity contribution in [3.05, 3.63) is 56.7 Å². The molecule has 5 nitrogen and oxygen atoms in total. The van der Waals surface area contributed by atoms with E-state index >= 15 is 0 Å². The van der Waals surface area contributed by atoms with Crippen LogP contribution in [0.2, 0.25) is 0 Å². The number of rotatable bonds is 5. The van der Waals surface area contributed by atoms with Crippen molar-refractivity contribution in [2.45, 2.75) is 32.0 Å². The van der Waals surface area contributed by atoms with E-state index in [-0.39, 0.29) is 6.03 Å². The molecule has 2 amide bonds. The second kappa shape index (κ2) is 10.1. The zero-order chi connectivity index (χ0) is 20.1. The number of piperidine rings is 1. The van der Waals surface area contributed by atoms with Gasteiger partial charge in [-0.15, -0.1) is 11.3 Å². The Bertz CT molecular complexity index is 783. The molecule has 7 heteroatoms. The van der Waals surface area contributed by atoms with E-state index in [1.54, 1.807) is 11.3 Å². The van der Waals surface area contributed by atoms with Gasteiger partial charge in [0.1, 0.15) is 0 Å². The van der Waals surface area contributed by atoms with Gasteiger partial charge >= 0.3 is 6.03 Å². The van der Waals surface area contributed by atoms with Gasteiger partial charge in [-0.1, -0.05) is 30.3 Å². The third kappa shape index (κ3) is 6.04. The van der Waals surface area contributed by atoms with Crippen LogP contribution < -0.4 is 5.32 Å². The fourth-order valence-corrected chi connectivity index (χ4v) is 5.63. The molecule has 2 aliphatic rings. The van der Waals surface area contributed by atoms with Gasteiger partial charge in [-0.3, -0.25) is 9.80 Å². The number of amides is 2. The highest BCUT2D eigenvalue weighted by Crippen LogP contribution is 2.23. The average molecular weight is 477 g/mol. The van der Waals surface area contributed by atoms with Crippen molar-refractivity contribution in [2.75, 3.05) is 39.3 Å². The summed E-state index contributed by atoms with van der Waals surface area (Å²) in [5.74, 6) is 0. The molecule has 0 saturated carbocycles. The van der Waals surface area contributed by atoms with Crippen molar-refractivity contribution < 1.29 is 4.79 Å². The number of thiophene rings is 1. The summed E-state index contributed by atoms with van der Waals surface area (Å²) in [6, 6.07) is 15.3. The molecule has 156 valence electrons. The third-order valence-corrected chi connectivity index (χ3v) is 7.44. The molecule has 4 rings (SSSR count). The van der Waals surface area contributed by atoms with Gasteiger partial charge < -0.3 is 10.2 Å². The summed E-state index contributed by atoms with van der Waals surface area (Å²) in [5, 5.41) is 3.28. The van der Waals surface area contributed by atoms with Crippen LogP contribution in [0.4, 0.5) is 4.79 Å². The lowest BCUT2D eigenvalue weighted by Gasteiger charge is -2.37. The monoisotopic (exact) mass is 476 g/mol.